The number of carbonyl (C=O) groups excluding carboxylic acids is 1. The second kappa shape index (κ2) is 9.23. The van der Waals surface area contributed by atoms with Gasteiger partial charge in [-0.15, -0.1) is 0 Å². The van der Waals surface area contributed by atoms with Crippen molar-refractivity contribution in [1.29, 1.82) is 0 Å². The zero-order valence-corrected chi connectivity index (χ0v) is 17.9. The SMILES string of the molecule is COc1cc(C(=O)Nc2ccc3nc(CN4CCOCC4)[nH]c3c2)cc(OC)c1OC. The predicted octanol–water partition coefficient (Wildman–Crippen LogP) is 2.67. The van der Waals surface area contributed by atoms with Crippen molar-refractivity contribution in [2.75, 3.05) is 52.9 Å². The van der Waals surface area contributed by atoms with E-state index in [9.17, 15) is 4.79 Å². The van der Waals surface area contributed by atoms with Gasteiger partial charge in [0.1, 0.15) is 5.82 Å². The van der Waals surface area contributed by atoms with Crippen molar-refractivity contribution < 1.29 is 23.7 Å². The van der Waals surface area contributed by atoms with Crippen LogP contribution < -0.4 is 19.5 Å². The van der Waals surface area contributed by atoms with Crippen LogP contribution in [0.1, 0.15) is 16.2 Å². The Balaban J connectivity index is 1.52. The number of imidazole rings is 1. The Morgan fingerprint density at radius 3 is 2.45 bits per heavy atom. The van der Waals surface area contributed by atoms with Crippen molar-refractivity contribution >= 4 is 22.6 Å². The molecule has 1 amide bonds. The van der Waals surface area contributed by atoms with Crippen molar-refractivity contribution in [1.82, 2.24) is 14.9 Å². The van der Waals surface area contributed by atoms with E-state index in [-0.39, 0.29) is 5.91 Å². The number of nitrogens with zero attached hydrogens (tertiary/aromatic N) is 2. The second-order valence-electron chi connectivity index (χ2n) is 7.17. The molecule has 164 valence electrons. The lowest BCUT2D eigenvalue weighted by atomic mass is 10.1. The number of H-pyrrole nitrogens is 1. The molecule has 0 radical (unpaired) electrons. The molecule has 0 unspecified atom stereocenters. The molecule has 2 N–H and O–H groups in total. The molecular weight excluding hydrogens is 400 g/mol. The van der Waals surface area contributed by atoms with Crippen LogP contribution in [0.3, 0.4) is 0 Å². The fourth-order valence-corrected chi connectivity index (χ4v) is 3.60. The first-order valence-corrected chi connectivity index (χ1v) is 10.0. The minimum absolute atomic E-state index is 0.286. The van der Waals surface area contributed by atoms with Gasteiger partial charge in [-0.05, 0) is 30.3 Å². The highest BCUT2D eigenvalue weighted by Gasteiger charge is 2.18. The van der Waals surface area contributed by atoms with Gasteiger partial charge in [0.05, 0.1) is 52.1 Å². The summed E-state index contributed by atoms with van der Waals surface area (Å²) in [6.45, 7) is 4.03. The number of fused-ring (bicyclic) bond motifs is 1. The third kappa shape index (κ3) is 4.57. The number of rotatable bonds is 7. The Morgan fingerprint density at radius 2 is 1.81 bits per heavy atom. The van der Waals surface area contributed by atoms with Crippen LogP contribution in [0.15, 0.2) is 30.3 Å². The number of ether oxygens (including phenoxy) is 4. The summed E-state index contributed by atoms with van der Waals surface area (Å²) >= 11 is 0. The van der Waals surface area contributed by atoms with Crippen LogP contribution in [0, 0.1) is 0 Å². The standard InChI is InChI=1S/C22H26N4O5/c1-28-18-10-14(11-19(29-2)21(18)30-3)22(27)23-15-4-5-16-17(12-15)25-20(24-16)13-26-6-8-31-9-7-26/h4-5,10-12H,6-9,13H2,1-3H3,(H,23,27)(H,24,25). The molecule has 1 fully saturated rings. The fourth-order valence-electron chi connectivity index (χ4n) is 3.60. The van der Waals surface area contributed by atoms with Crippen LogP contribution in [0.2, 0.25) is 0 Å². The predicted molar refractivity (Wildman–Crippen MR) is 116 cm³/mol. The van der Waals surface area contributed by atoms with Crippen LogP contribution in [-0.4, -0.2) is 68.4 Å². The van der Waals surface area contributed by atoms with E-state index in [4.69, 9.17) is 18.9 Å². The maximum absolute atomic E-state index is 12.8. The average molecular weight is 426 g/mol. The molecule has 1 aliphatic rings. The van der Waals surface area contributed by atoms with Crippen LogP contribution in [0.4, 0.5) is 5.69 Å². The molecule has 0 bridgehead atoms. The molecule has 1 aliphatic heterocycles. The third-order valence-corrected chi connectivity index (χ3v) is 5.19. The fraction of sp³-hybridized carbons (Fsp3) is 0.364. The van der Waals surface area contributed by atoms with E-state index in [1.54, 1.807) is 12.1 Å². The summed E-state index contributed by atoms with van der Waals surface area (Å²) in [5, 5.41) is 2.92. The number of methoxy groups -OCH3 is 3. The van der Waals surface area contributed by atoms with E-state index in [1.165, 1.54) is 21.3 Å². The highest BCUT2D eigenvalue weighted by molar-refractivity contribution is 6.05. The molecule has 0 spiro atoms. The summed E-state index contributed by atoms with van der Waals surface area (Å²) in [5.74, 6) is 1.89. The van der Waals surface area contributed by atoms with Gasteiger partial charge in [0.2, 0.25) is 5.75 Å². The molecule has 1 aromatic heterocycles. The molecule has 31 heavy (non-hydrogen) atoms. The number of morpholine rings is 1. The molecule has 9 nitrogen and oxygen atoms in total. The number of hydrogen-bond acceptors (Lipinski definition) is 7. The molecule has 4 rings (SSSR count). The molecule has 1 saturated heterocycles. The smallest absolute Gasteiger partial charge is 0.255 e. The lowest BCUT2D eigenvalue weighted by Gasteiger charge is -2.25. The first kappa shape index (κ1) is 21.0. The van der Waals surface area contributed by atoms with Crippen molar-refractivity contribution in [3.05, 3.63) is 41.7 Å². The Hall–Kier alpha value is -3.30. The number of benzene rings is 2. The number of carbonyl (C=O) groups is 1. The van der Waals surface area contributed by atoms with E-state index in [0.717, 1.165) is 49.7 Å². The maximum atomic E-state index is 12.8. The van der Waals surface area contributed by atoms with Gasteiger partial charge in [-0.3, -0.25) is 9.69 Å². The molecular formula is C22H26N4O5. The van der Waals surface area contributed by atoms with E-state index in [2.05, 4.69) is 20.2 Å². The molecule has 3 aromatic rings. The van der Waals surface area contributed by atoms with Crippen molar-refractivity contribution in [2.45, 2.75) is 6.54 Å². The lowest BCUT2D eigenvalue weighted by Crippen LogP contribution is -2.35. The average Bonchev–Trinajstić information content (AvgIpc) is 3.20. The first-order valence-electron chi connectivity index (χ1n) is 10.0. The van der Waals surface area contributed by atoms with Crippen LogP contribution in [0.25, 0.3) is 11.0 Å². The Morgan fingerprint density at radius 1 is 1.10 bits per heavy atom. The summed E-state index contributed by atoms with van der Waals surface area (Å²) < 4.78 is 21.4. The van der Waals surface area contributed by atoms with Crippen LogP contribution >= 0.6 is 0 Å². The largest absolute Gasteiger partial charge is 0.493 e. The van der Waals surface area contributed by atoms with E-state index in [1.807, 2.05) is 18.2 Å². The molecule has 9 heteroatoms. The molecule has 0 saturated carbocycles. The van der Waals surface area contributed by atoms with Crippen molar-refractivity contribution in [3.63, 3.8) is 0 Å². The first-order chi connectivity index (χ1) is 15.1. The number of aromatic amines is 1. The summed E-state index contributed by atoms with van der Waals surface area (Å²) in [7, 11) is 4.55. The number of amides is 1. The normalized spacial score (nSPS) is 14.4. The number of nitrogens with one attached hydrogen (secondary N) is 2. The monoisotopic (exact) mass is 426 g/mol. The Bertz CT molecular complexity index is 1050. The van der Waals surface area contributed by atoms with Gasteiger partial charge in [0.25, 0.3) is 5.91 Å². The second-order valence-corrected chi connectivity index (χ2v) is 7.17. The maximum Gasteiger partial charge on any atom is 0.255 e. The molecule has 0 atom stereocenters. The topological polar surface area (TPSA) is 97.9 Å². The molecule has 0 aliphatic carbocycles. The lowest BCUT2D eigenvalue weighted by molar-refractivity contribution is 0.0332. The Kier molecular flexibility index (Phi) is 6.24. The number of hydrogen-bond donors (Lipinski definition) is 2. The molecule has 2 heterocycles. The summed E-state index contributed by atoms with van der Waals surface area (Å²) in [5.41, 5.74) is 2.78. The van der Waals surface area contributed by atoms with Gasteiger partial charge in [0, 0.05) is 24.3 Å². The van der Waals surface area contributed by atoms with Gasteiger partial charge in [-0.1, -0.05) is 0 Å². The highest BCUT2D eigenvalue weighted by Crippen LogP contribution is 2.38. The molecule has 2 aromatic carbocycles. The van der Waals surface area contributed by atoms with Crippen molar-refractivity contribution in [3.8, 4) is 17.2 Å². The zero-order valence-electron chi connectivity index (χ0n) is 17.9. The summed E-state index contributed by atoms with van der Waals surface area (Å²) in [4.78, 5) is 23.1. The Labute approximate surface area is 180 Å². The van der Waals surface area contributed by atoms with Gasteiger partial charge < -0.3 is 29.2 Å². The van der Waals surface area contributed by atoms with Crippen LogP contribution in [-0.2, 0) is 11.3 Å². The minimum Gasteiger partial charge on any atom is -0.493 e. The quantitative estimate of drug-likeness (QED) is 0.599. The third-order valence-electron chi connectivity index (χ3n) is 5.19. The van der Waals surface area contributed by atoms with Gasteiger partial charge in [0.15, 0.2) is 11.5 Å². The van der Waals surface area contributed by atoms with Gasteiger partial charge in [-0.25, -0.2) is 4.98 Å². The number of anilines is 1. The van der Waals surface area contributed by atoms with Crippen molar-refractivity contribution in [2.24, 2.45) is 0 Å². The summed E-state index contributed by atoms with van der Waals surface area (Å²) in [6, 6.07) is 8.83. The van der Waals surface area contributed by atoms with E-state index in [0.29, 0.717) is 28.5 Å². The zero-order chi connectivity index (χ0) is 21.8. The number of aromatic nitrogens is 2. The summed E-state index contributed by atoms with van der Waals surface area (Å²) in [6.07, 6.45) is 0. The van der Waals surface area contributed by atoms with E-state index < -0.39 is 0 Å². The highest BCUT2D eigenvalue weighted by atomic mass is 16.5. The minimum atomic E-state index is -0.286. The van der Waals surface area contributed by atoms with Gasteiger partial charge >= 0.3 is 0 Å². The van der Waals surface area contributed by atoms with Gasteiger partial charge in [-0.2, -0.15) is 0 Å². The van der Waals surface area contributed by atoms with E-state index >= 15 is 0 Å². The van der Waals surface area contributed by atoms with Crippen LogP contribution in [0.5, 0.6) is 17.2 Å².